The number of nitrogens with zero attached hydrogens (tertiary/aromatic N) is 4. The number of benzene rings is 1. The molecule has 1 aliphatic heterocycles. The summed E-state index contributed by atoms with van der Waals surface area (Å²) in [6.07, 6.45) is 3.44. The summed E-state index contributed by atoms with van der Waals surface area (Å²) < 4.78 is 2.28. The number of halogens is 1. The van der Waals surface area contributed by atoms with Crippen LogP contribution in [-0.4, -0.2) is 52.4 Å². The molecule has 1 fully saturated rings. The smallest absolute Gasteiger partial charge is 0.137 e. The van der Waals surface area contributed by atoms with E-state index in [9.17, 15) is 0 Å². The molecule has 1 saturated heterocycles. The van der Waals surface area contributed by atoms with Crippen molar-refractivity contribution in [3.05, 3.63) is 70.1 Å². The van der Waals surface area contributed by atoms with Crippen molar-refractivity contribution in [2.75, 3.05) is 33.2 Å². The van der Waals surface area contributed by atoms with Gasteiger partial charge in [0.15, 0.2) is 0 Å². The molecule has 0 amide bonds. The molecule has 4 aromatic rings. The summed E-state index contributed by atoms with van der Waals surface area (Å²) in [5.41, 5.74) is 6.87. The second-order valence-corrected chi connectivity index (χ2v) is 9.22. The lowest BCUT2D eigenvalue weighted by Gasteiger charge is -2.20. The summed E-state index contributed by atoms with van der Waals surface area (Å²) in [7, 11) is 2.21. The van der Waals surface area contributed by atoms with E-state index in [0.29, 0.717) is 0 Å². The Balaban J connectivity index is 1.60. The van der Waals surface area contributed by atoms with Gasteiger partial charge in [-0.1, -0.05) is 23.7 Å². The van der Waals surface area contributed by atoms with Gasteiger partial charge in [-0.3, -0.25) is 4.90 Å². The van der Waals surface area contributed by atoms with E-state index in [1.807, 2.05) is 12.1 Å². The standard InChI is InChI=1S/C24H25ClN4S/c1-27-10-2-11-28(13-12-27)16-22-24(18-3-6-21(25)7-4-18)26-23-8-5-19(15-29(22)23)20-9-14-30-17-20/h3-9,14-15,17H,2,10-13,16H2,1H3. The number of aromatic nitrogens is 2. The molecule has 154 valence electrons. The van der Waals surface area contributed by atoms with Crippen molar-refractivity contribution in [2.45, 2.75) is 13.0 Å². The van der Waals surface area contributed by atoms with Crippen LogP contribution in [0.5, 0.6) is 0 Å². The maximum absolute atomic E-state index is 6.15. The molecule has 0 radical (unpaired) electrons. The van der Waals surface area contributed by atoms with E-state index in [2.05, 4.69) is 68.5 Å². The third-order valence-electron chi connectivity index (χ3n) is 5.88. The van der Waals surface area contributed by atoms with Crippen molar-refractivity contribution >= 4 is 28.6 Å². The van der Waals surface area contributed by atoms with Crippen molar-refractivity contribution in [2.24, 2.45) is 0 Å². The molecular weight excluding hydrogens is 412 g/mol. The number of thiophene rings is 1. The Morgan fingerprint density at radius 3 is 2.57 bits per heavy atom. The quantitative estimate of drug-likeness (QED) is 0.420. The molecule has 0 N–H and O–H groups in total. The van der Waals surface area contributed by atoms with E-state index in [1.54, 1.807) is 11.3 Å². The van der Waals surface area contributed by atoms with Gasteiger partial charge >= 0.3 is 0 Å². The molecule has 0 aliphatic carbocycles. The van der Waals surface area contributed by atoms with E-state index in [0.717, 1.165) is 54.7 Å². The first-order chi connectivity index (χ1) is 14.7. The third kappa shape index (κ3) is 4.03. The fraction of sp³-hybridized carbons (Fsp3) is 0.292. The maximum atomic E-state index is 6.15. The number of hydrogen-bond donors (Lipinski definition) is 0. The van der Waals surface area contributed by atoms with Crippen molar-refractivity contribution in [3.8, 4) is 22.4 Å². The molecule has 0 unspecified atom stereocenters. The number of pyridine rings is 1. The Labute approximate surface area is 186 Å². The fourth-order valence-electron chi connectivity index (χ4n) is 4.15. The van der Waals surface area contributed by atoms with Gasteiger partial charge in [0.25, 0.3) is 0 Å². The van der Waals surface area contributed by atoms with E-state index in [-0.39, 0.29) is 0 Å². The minimum atomic E-state index is 0.749. The van der Waals surface area contributed by atoms with Crippen molar-refractivity contribution in [1.82, 2.24) is 19.2 Å². The molecule has 0 spiro atoms. The zero-order valence-electron chi connectivity index (χ0n) is 17.1. The van der Waals surface area contributed by atoms with Gasteiger partial charge in [-0.2, -0.15) is 11.3 Å². The first-order valence-corrected chi connectivity index (χ1v) is 11.7. The van der Waals surface area contributed by atoms with Crippen LogP contribution in [0, 0.1) is 0 Å². The topological polar surface area (TPSA) is 23.8 Å². The Kier molecular flexibility index (Phi) is 5.61. The fourth-order valence-corrected chi connectivity index (χ4v) is 4.94. The molecule has 0 atom stereocenters. The zero-order chi connectivity index (χ0) is 20.5. The van der Waals surface area contributed by atoms with Gasteiger partial charge in [0.05, 0.1) is 11.4 Å². The van der Waals surface area contributed by atoms with Crippen LogP contribution in [-0.2, 0) is 6.54 Å². The monoisotopic (exact) mass is 436 g/mol. The van der Waals surface area contributed by atoms with Crippen LogP contribution in [0.3, 0.4) is 0 Å². The summed E-state index contributed by atoms with van der Waals surface area (Å²) in [5, 5.41) is 5.07. The highest BCUT2D eigenvalue weighted by Crippen LogP contribution is 2.30. The molecular formula is C24H25ClN4S. The first kappa shape index (κ1) is 19.8. The van der Waals surface area contributed by atoms with Crippen LogP contribution in [0.2, 0.25) is 5.02 Å². The Morgan fingerprint density at radius 1 is 0.933 bits per heavy atom. The van der Waals surface area contributed by atoms with Gasteiger partial charge in [-0.05, 0) is 78.8 Å². The Morgan fingerprint density at radius 2 is 1.77 bits per heavy atom. The Hall–Kier alpha value is -2.18. The van der Waals surface area contributed by atoms with Crippen LogP contribution < -0.4 is 0 Å². The third-order valence-corrected chi connectivity index (χ3v) is 6.81. The molecule has 4 heterocycles. The zero-order valence-corrected chi connectivity index (χ0v) is 18.7. The highest BCUT2D eigenvalue weighted by molar-refractivity contribution is 7.08. The summed E-state index contributed by atoms with van der Waals surface area (Å²) in [5.74, 6) is 0. The van der Waals surface area contributed by atoms with E-state index < -0.39 is 0 Å². The van der Waals surface area contributed by atoms with E-state index in [4.69, 9.17) is 16.6 Å². The van der Waals surface area contributed by atoms with Gasteiger partial charge in [-0.15, -0.1) is 0 Å². The summed E-state index contributed by atoms with van der Waals surface area (Å²) in [6, 6.07) is 14.5. The molecule has 0 bridgehead atoms. The van der Waals surface area contributed by atoms with Crippen molar-refractivity contribution in [1.29, 1.82) is 0 Å². The number of fused-ring (bicyclic) bond motifs is 1. The molecule has 30 heavy (non-hydrogen) atoms. The SMILES string of the molecule is CN1CCCN(Cc2c(-c3ccc(Cl)cc3)nc3ccc(-c4ccsc4)cn23)CC1. The molecule has 1 aromatic carbocycles. The molecule has 3 aromatic heterocycles. The maximum Gasteiger partial charge on any atom is 0.137 e. The van der Waals surface area contributed by atoms with Crippen LogP contribution in [0.4, 0.5) is 0 Å². The lowest BCUT2D eigenvalue weighted by atomic mass is 10.1. The second-order valence-electron chi connectivity index (χ2n) is 8.00. The van der Waals surface area contributed by atoms with Crippen LogP contribution >= 0.6 is 22.9 Å². The average Bonchev–Trinajstić information content (AvgIpc) is 3.35. The molecule has 4 nitrogen and oxygen atoms in total. The number of rotatable bonds is 4. The van der Waals surface area contributed by atoms with Crippen molar-refractivity contribution in [3.63, 3.8) is 0 Å². The Bertz CT molecular complexity index is 1130. The highest BCUT2D eigenvalue weighted by atomic mass is 35.5. The second kappa shape index (κ2) is 8.52. The van der Waals surface area contributed by atoms with Gasteiger partial charge in [0, 0.05) is 36.4 Å². The van der Waals surface area contributed by atoms with Crippen LogP contribution in [0.15, 0.2) is 59.4 Å². The molecule has 5 rings (SSSR count). The molecule has 1 aliphatic rings. The van der Waals surface area contributed by atoms with E-state index >= 15 is 0 Å². The highest BCUT2D eigenvalue weighted by Gasteiger charge is 2.19. The normalized spacial score (nSPS) is 16.2. The largest absolute Gasteiger partial charge is 0.305 e. The van der Waals surface area contributed by atoms with Gasteiger partial charge in [-0.25, -0.2) is 4.98 Å². The predicted octanol–water partition coefficient (Wildman–Crippen LogP) is 5.52. The summed E-state index contributed by atoms with van der Waals surface area (Å²) in [4.78, 5) is 10.0. The number of imidazole rings is 1. The lowest BCUT2D eigenvalue weighted by molar-refractivity contribution is 0.266. The van der Waals surface area contributed by atoms with Gasteiger partial charge in [0.1, 0.15) is 5.65 Å². The van der Waals surface area contributed by atoms with Crippen LogP contribution in [0.25, 0.3) is 28.0 Å². The predicted molar refractivity (Wildman–Crippen MR) is 126 cm³/mol. The molecule has 0 saturated carbocycles. The average molecular weight is 437 g/mol. The first-order valence-electron chi connectivity index (χ1n) is 10.4. The minimum absolute atomic E-state index is 0.749. The number of hydrogen-bond acceptors (Lipinski definition) is 4. The summed E-state index contributed by atoms with van der Waals surface area (Å²) >= 11 is 7.87. The van der Waals surface area contributed by atoms with Gasteiger partial charge in [0.2, 0.25) is 0 Å². The number of likely N-dealkylation sites (N-methyl/N-ethyl adjacent to an activating group) is 1. The lowest BCUT2D eigenvalue weighted by Crippen LogP contribution is -2.29. The summed E-state index contributed by atoms with van der Waals surface area (Å²) in [6.45, 7) is 5.35. The van der Waals surface area contributed by atoms with Gasteiger partial charge < -0.3 is 9.30 Å². The van der Waals surface area contributed by atoms with Crippen molar-refractivity contribution < 1.29 is 0 Å². The molecule has 6 heteroatoms. The van der Waals surface area contributed by atoms with Crippen LogP contribution in [0.1, 0.15) is 12.1 Å². The van der Waals surface area contributed by atoms with E-state index in [1.165, 1.54) is 23.2 Å². The minimum Gasteiger partial charge on any atom is -0.305 e.